The molecule has 3 rings (SSSR count). The van der Waals surface area contributed by atoms with Gasteiger partial charge in [-0.2, -0.15) is 4.98 Å². The van der Waals surface area contributed by atoms with Crippen LogP contribution in [0.5, 0.6) is 0 Å². The van der Waals surface area contributed by atoms with Gasteiger partial charge in [-0.25, -0.2) is 0 Å². The van der Waals surface area contributed by atoms with Gasteiger partial charge in [0.25, 0.3) is 0 Å². The van der Waals surface area contributed by atoms with Crippen molar-refractivity contribution in [3.8, 4) is 0 Å². The Labute approximate surface area is 114 Å². The van der Waals surface area contributed by atoms with Crippen LogP contribution in [-0.4, -0.2) is 41.3 Å². The molecule has 2 fully saturated rings. The molecule has 0 N–H and O–H groups in total. The van der Waals surface area contributed by atoms with E-state index in [0.717, 1.165) is 25.6 Å². The molecule has 5 heteroatoms. The highest BCUT2D eigenvalue weighted by Crippen LogP contribution is 2.26. The fraction of sp³-hybridized carbons (Fsp3) is 0.857. The van der Waals surface area contributed by atoms with Crippen LogP contribution >= 0.6 is 0 Å². The van der Waals surface area contributed by atoms with Crippen molar-refractivity contribution in [3.63, 3.8) is 0 Å². The summed E-state index contributed by atoms with van der Waals surface area (Å²) in [4.78, 5) is 6.80. The SMILES string of the molecule is Cc1nc([C@@H]2CN(CC3CCCCC3)CCO2)no1. The van der Waals surface area contributed by atoms with Crippen LogP contribution in [0, 0.1) is 12.8 Å². The van der Waals surface area contributed by atoms with E-state index >= 15 is 0 Å². The van der Waals surface area contributed by atoms with Gasteiger partial charge in [-0.1, -0.05) is 24.4 Å². The summed E-state index contributed by atoms with van der Waals surface area (Å²) in [5.74, 6) is 2.19. The second-order valence-corrected chi connectivity index (χ2v) is 5.79. The molecule has 0 aromatic carbocycles. The minimum Gasteiger partial charge on any atom is -0.367 e. The van der Waals surface area contributed by atoms with Crippen molar-refractivity contribution in [1.29, 1.82) is 0 Å². The first-order valence-electron chi connectivity index (χ1n) is 7.45. The lowest BCUT2D eigenvalue weighted by Crippen LogP contribution is -2.41. The monoisotopic (exact) mass is 265 g/mol. The quantitative estimate of drug-likeness (QED) is 0.839. The molecule has 0 unspecified atom stereocenters. The Morgan fingerprint density at radius 2 is 2.11 bits per heavy atom. The molecule has 106 valence electrons. The molecule has 1 atom stereocenters. The van der Waals surface area contributed by atoms with Crippen LogP contribution in [0.25, 0.3) is 0 Å². The van der Waals surface area contributed by atoms with E-state index in [1.54, 1.807) is 0 Å². The van der Waals surface area contributed by atoms with E-state index in [2.05, 4.69) is 15.0 Å². The predicted molar refractivity (Wildman–Crippen MR) is 70.7 cm³/mol. The van der Waals surface area contributed by atoms with E-state index in [0.29, 0.717) is 11.7 Å². The first-order chi connectivity index (χ1) is 9.31. The van der Waals surface area contributed by atoms with Gasteiger partial charge in [0.2, 0.25) is 11.7 Å². The largest absolute Gasteiger partial charge is 0.367 e. The number of ether oxygens (including phenoxy) is 1. The molecule has 1 aromatic rings. The number of nitrogens with zero attached hydrogens (tertiary/aromatic N) is 3. The molecule has 0 bridgehead atoms. The number of rotatable bonds is 3. The van der Waals surface area contributed by atoms with E-state index < -0.39 is 0 Å². The Morgan fingerprint density at radius 3 is 2.84 bits per heavy atom. The average molecular weight is 265 g/mol. The fourth-order valence-corrected chi connectivity index (χ4v) is 3.21. The molecule has 2 heterocycles. The van der Waals surface area contributed by atoms with Crippen LogP contribution in [0.1, 0.15) is 49.9 Å². The molecular weight excluding hydrogens is 242 g/mol. The zero-order chi connectivity index (χ0) is 13.1. The van der Waals surface area contributed by atoms with Crippen LogP contribution in [0.3, 0.4) is 0 Å². The van der Waals surface area contributed by atoms with Crippen LogP contribution in [0.4, 0.5) is 0 Å². The van der Waals surface area contributed by atoms with Gasteiger partial charge >= 0.3 is 0 Å². The number of hydrogen-bond donors (Lipinski definition) is 0. The third kappa shape index (κ3) is 3.34. The summed E-state index contributed by atoms with van der Waals surface area (Å²) in [6, 6.07) is 0. The van der Waals surface area contributed by atoms with Crippen molar-refractivity contribution in [3.05, 3.63) is 11.7 Å². The third-order valence-corrected chi connectivity index (χ3v) is 4.22. The van der Waals surface area contributed by atoms with Crippen LogP contribution in [-0.2, 0) is 4.74 Å². The molecule has 1 aliphatic heterocycles. The molecule has 5 nitrogen and oxygen atoms in total. The number of morpholine rings is 1. The van der Waals surface area contributed by atoms with Gasteiger partial charge in [0.15, 0.2) is 0 Å². The smallest absolute Gasteiger partial charge is 0.223 e. The first kappa shape index (κ1) is 13.1. The summed E-state index contributed by atoms with van der Waals surface area (Å²) < 4.78 is 10.8. The molecule has 0 amide bonds. The highest BCUT2D eigenvalue weighted by molar-refractivity contribution is 4.93. The molecule has 1 saturated heterocycles. The standard InChI is InChI=1S/C14H23N3O2/c1-11-15-14(16-19-11)13-10-17(7-8-18-13)9-12-5-3-2-4-6-12/h12-13H,2-10H2,1H3/t13-/m0/s1. The van der Waals surface area contributed by atoms with Crippen LogP contribution in [0.15, 0.2) is 4.52 Å². The Hall–Kier alpha value is -0.940. The van der Waals surface area contributed by atoms with Crippen molar-refractivity contribution in [2.45, 2.75) is 45.1 Å². The molecule has 1 aliphatic carbocycles. The van der Waals surface area contributed by atoms with E-state index in [1.165, 1.54) is 38.6 Å². The second kappa shape index (κ2) is 6.01. The van der Waals surface area contributed by atoms with Crippen molar-refractivity contribution in [2.24, 2.45) is 5.92 Å². The third-order valence-electron chi connectivity index (χ3n) is 4.22. The zero-order valence-corrected chi connectivity index (χ0v) is 11.7. The van der Waals surface area contributed by atoms with Crippen molar-refractivity contribution < 1.29 is 9.26 Å². The van der Waals surface area contributed by atoms with Crippen molar-refractivity contribution >= 4 is 0 Å². The Balaban J connectivity index is 1.55. The van der Waals surface area contributed by atoms with E-state index in [9.17, 15) is 0 Å². The lowest BCUT2D eigenvalue weighted by Gasteiger charge is -2.35. The molecule has 2 aliphatic rings. The van der Waals surface area contributed by atoms with Gasteiger partial charge in [-0.3, -0.25) is 4.90 Å². The number of aryl methyl sites for hydroxylation is 1. The maximum atomic E-state index is 5.77. The summed E-state index contributed by atoms with van der Waals surface area (Å²) in [6.45, 7) is 5.72. The maximum Gasteiger partial charge on any atom is 0.223 e. The summed E-state index contributed by atoms with van der Waals surface area (Å²) in [5.41, 5.74) is 0. The predicted octanol–water partition coefficient (Wildman–Crippen LogP) is 2.33. The van der Waals surface area contributed by atoms with Crippen LogP contribution in [0.2, 0.25) is 0 Å². The van der Waals surface area contributed by atoms with Gasteiger partial charge in [0.1, 0.15) is 6.10 Å². The van der Waals surface area contributed by atoms with E-state index in [4.69, 9.17) is 9.26 Å². The maximum absolute atomic E-state index is 5.77. The lowest BCUT2D eigenvalue weighted by atomic mass is 9.89. The van der Waals surface area contributed by atoms with Gasteiger partial charge in [-0.15, -0.1) is 0 Å². The topological polar surface area (TPSA) is 51.4 Å². The molecule has 0 spiro atoms. The van der Waals surface area contributed by atoms with Gasteiger partial charge in [-0.05, 0) is 18.8 Å². The summed E-state index contributed by atoms with van der Waals surface area (Å²) in [7, 11) is 0. The van der Waals surface area contributed by atoms with Crippen molar-refractivity contribution in [2.75, 3.05) is 26.2 Å². The molecule has 0 radical (unpaired) electrons. The Kier molecular flexibility index (Phi) is 4.13. The lowest BCUT2D eigenvalue weighted by molar-refractivity contribution is -0.0409. The Morgan fingerprint density at radius 1 is 1.26 bits per heavy atom. The summed E-state index contributed by atoms with van der Waals surface area (Å²) >= 11 is 0. The van der Waals surface area contributed by atoms with E-state index in [1.807, 2.05) is 6.92 Å². The van der Waals surface area contributed by atoms with E-state index in [-0.39, 0.29) is 6.10 Å². The molecule has 1 saturated carbocycles. The minimum absolute atomic E-state index is 0.0187. The second-order valence-electron chi connectivity index (χ2n) is 5.79. The average Bonchev–Trinajstić information content (AvgIpc) is 2.87. The molecule has 19 heavy (non-hydrogen) atoms. The van der Waals surface area contributed by atoms with Gasteiger partial charge < -0.3 is 9.26 Å². The van der Waals surface area contributed by atoms with Crippen molar-refractivity contribution in [1.82, 2.24) is 15.0 Å². The highest BCUT2D eigenvalue weighted by atomic mass is 16.5. The summed E-state index contributed by atoms with van der Waals surface area (Å²) in [5, 5.41) is 3.98. The highest BCUT2D eigenvalue weighted by Gasteiger charge is 2.27. The normalized spacial score (nSPS) is 26.7. The summed E-state index contributed by atoms with van der Waals surface area (Å²) in [6.07, 6.45) is 7.00. The molecular formula is C14H23N3O2. The first-order valence-corrected chi connectivity index (χ1v) is 7.45. The number of hydrogen-bond acceptors (Lipinski definition) is 5. The fourth-order valence-electron chi connectivity index (χ4n) is 3.21. The minimum atomic E-state index is -0.0187. The van der Waals surface area contributed by atoms with Gasteiger partial charge in [0, 0.05) is 26.6 Å². The number of aromatic nitrogens is 2. The Bertz CT molecular complexity index is 401. The van der Waals surface area contributed by atoms with Gasteiger partial charge in [0.05, 0.1) is 6.61 Å². The zero-order valence-electron chi connectivity index (χ0n) is 11.7. The molecule has 1 aromatic heterocycles. The van der Waals surface area contributed by atoms with Crippen LogP contribution < -0.4 is 0 Å².